The van der Waals surface area contributed by atoms with Gasteiger partial charge in [-0.1, -0.05) is 30.9 Å². The molecule has 1 aliphatic heterocycles. The van der Waals surface area contributed by atoms with Crippen molar-refractivity contribution in [2.45, 2.75) is 25.5 Å². The lowest BCUT2D eigenvalue weighted by molar-refractivity contribution is 0.0819. The van der Waals surface area contributed by atoms with Gasteiger partial charge in [0.15, 0.2) is 11.5 Å². The van der Waals surface area contributed by atoms with Gasteiger partial charge in [0.05, 0.1) is 26.0 Å². The third-order valence-electron chi connectivity index (χ3n) is 5.04. The second kappa shape index (κ2) is 11.3. The molecule has 2 aromatic rings. The van der Waals surface area contributed by atoms with Gasteiger partial charge < -0.3 is 29.2 Å². The van der Waals surface area contributed by atoms with Gasteiger partial charge in [-0.2, -0.15) is 0 Å². The normalized spacial score (nSPS) is 15.2. The molecule has 1 atom stereocenters. The van der Waals surface area contributed by atoms with E-state index in [1.807, 2.05) is 42.5 Å². The average molecular weight is 427 g/mol. The molecule has 1 aliphatic rings. The van der Waals surface area contributed by atoms with E-state index in [4.69, 9.17) is 18.9 Å². The molecule has 0 unspecified atom stereocenters. The van der Waals surface area contributed by atoms with Crippen LogP contribution in [0.15, 0.2) is 55.1 Å². The largest absolute Gasteiger partial charge is 0.495 e. The summed E-state index contributed by atoms with van der Waals surface area (Å²) in [5.41, 5.74) is 1.55. The number of hydrogen-bond acceptors (Lipinski definition) is 5. The standard InChI is InChI=1S/C24H30N2O5/c1-4-13-31-22-12-11-18(15-23(22)29-3)16-26(17-19-8-7-14-30-19)24(27)25-20-9-5-6-10-21(20)28-2/h4-6,9-12,15,19H,1,7-8,13-14,16-17H2,2-3H3,(H,25,27)/t19-/m1/s1. The van der Waals surface area contributed by atoms with Crippen LogP contribution in [-0.2, 0) is 11.3 Å². The van der Waals surface area contributed by atoms with E-state index in [1.165, 1.54) is 0 Å². The highest BCUT2D eigenvalue weighted by molar-refractivity contribution is 5.91. The summed E-state index contributed by atoms with van der Waals surface area (Å²) in [7, 11) is 3.18. The van der Waals surface area contributed by atoms with Crippen molar-refractivity contribution < 1.29 is 23.7 Å². The lowest BCUT2D eigenvalue weighted by Gasteiger charge is -2.26. The molecule has 166 valence electrons. The first-order chi connectivity index (χ1) is 15.1. The first-order valence-electron chi connectivity index (χ1n) is 10.4. The van der Waals surface area contributed by atoms with Gasteiger partial charge in [-0.3, -0.25) is 0 Å². The quantitative estimate of drug-likeness (QED) is 0.567. The van der Waals surface area contributed by atoms with Crippen LogP contribution in [0.1, 0.15) is 18.4 Å². The number of nitrogens with one attached hydrogen (secondary N) is 1. The number of ether oxygens (including phenoxy) is 4. The fraction of sp³-hybridized carbons (Fsp3) is 0.375. The molecule has 0 aromatic heterocycles. The SMILES string of the molecule is C=CCOc1ccc(CN(C[C@H]2CCCO2)C(=O)Nc2ccccc2OC)cc1OC. The Morgan fingerprint density at radius 2 is 2.00 bits per heavy atom. The summed E-state index contributed by atoms with van der Waals surface area (Å²) in [5.74, 6) is 1.86. The third-order valence-corrected chi connectivity index (χ3v) is 5.04. The Morgan fingerprint density at radius 3 is 2.71 bits per heavy atom. The summed E-state index contributed by atoms with van der Waals surface area (Å²) >= 11 is 0. The van der Waals surface area contributed by atoms with Crippen molar-refractivity contribution in [2.75, 3.05) is 39.3 Å². The minimum absolute atomic E-state index is 0.0283. The van der Waals surface area contributed by atoms with Crippen LogP contribution < -0.4 is 19.5 Å². The van der Waals surface area contributed by atoms with Crippen LogP contribution in [0, 0.1) is 0 Å². The summed E-state index contributed by atoms with van der Waals surface area (Å²) in [4.78, 5) is 14.9. The Balaban J connectivity index is 1.78. The van der Waals surface area contributed by atoms with Crippen LogP contribution in [0.2, 0.25) is 0 Å². The van der Waals surface area contributed by atoms with Crippen molar-refractivity contribution in [2.24, 2.45) is 0 Å². The number of carbonyl (C=O) groups excluding carboxylic acids is 1. The predicted molar refractivity (Wildman–Crippen MR) is 120 cm³/mol. The smallest absolute Gasteiger partial charge is 0.322 e. The van der Waals surface area contributed by atoms with Crippen molar-refractivity contribution in [3.63, 3.8) is 0 Å². The number of nitrogens with zero attached hydrogens (tertiary/aromatic N) is 1. The third kappa shape index (κ3) is 6.15. The fourth-order valence-electron chi connectivity index (χ4n) is 3.49. The zero-order valence-corrected chi connectivity index (χ0v) is 18.1. The van der Waals surface area contributed by atoms with Crippen LogP contribution in [-0.4, -0.2) is 51.0 Å². The van der Waals surface area contributed by atoms with Crippen molar-refractivity contribution >= 4 is 11.7 Å². The van der Waals surface area contributed by atoms with Gasteiger partial charge in [0, 0.05) is 19.7 Å². The molecule has 7 nitrogen and oxygen atoms in total. The molecule has 0 radical (unpaired) electrons. The van der Waals surface area contributed by atoms with Gasteiger partial charge >= 0.3 is 6.03 Å². The van der Waals surface area contributed by atoms with Crippen LogP contribution >= 0.6 is 0 Å². The number of anilines is 1. The van der Waals surface area contributed by atoms with Crippen LogP contribution in [0.5, 0.6) is 17.2 Å². The number of amides is 2. The zero-order chi connectivity index (χ0) is 22.1. The molecule has 7 heteroatoms. The van der Waals surface area contributed by atoms with Crippen molar-refractivity contribution in [3.8, 4) is 17.2 Å². The van der Waals surface area contributed by atoms with Gasteiger partial charge in [0.1, 0.15) is 12.4 Å². The molecule has 1 N–H and O–H groups in total. The lowest BCUT2D eigenvalue weighted by atomic mass is 10.1. The Morgan fingerprint density at radius 1 is 1.19 bits per heavy atom. The molecule has 1 fully saturated rings. The average Bonchev–Trinajstić information content (AvgIpc) is 3.31. The maximum atomic E-state index is 13.2. The Bertz CT molecular complexity index is 880. The minimum atomic E-state index is -0.217. The lowest BCUT2D eigenvalue weighted by Crippen LogP contribution is -2.39. The van der Waals surface area contributed by atoms with E-state index in [2.05, 4.69) is 11.9 Å². The highest BCUT2D eigenvalue weighted by Gasteiger charge is 2.24. The second-order valence-corrected chi connectivity index (χ2v) is 7.23. The van der Waals surface area contributed by atoms with Crippen LogP contribution in [0.25, 0.3) is 0 Å². The van der Waals surface area contributed by atoms with E-state index < -0.39 is 0 Å². The maximum Gasteiger partial charge on any atom is 0.322 e. The molecule has 0 saturated carbocycles. The van der Waals surface area contributed by atoms with E-state index in [0.717, 1.165) is 25.0 Å². The molecule has 0 aliphatic carbocycles. The van der Waals surface area contributed by atoms with Crippen molar-refractivity contribution in [1.82, 2.24) is 4.90 Å². The predicted octanol–water partition coefficient (Wildman–Crippen LogP) is 4.48. The van der Waals surface area contributed by atoms with Gasteiger partial charge in [-0.15, -0.1) is 0 Å². The van der Waals surface area contributed by atoms with Gasteiger partial charge in [-0.25, -0.2) is 4.79 Å². The number of rotatable bonds is 10. The molecule has 3 rings (SSSR count). The summed E-state index contributed by atoms with van der Waals surface area (Å²) < 4.78 is 22.2. The molecule has 1 heterocycles. The van der Waals surface area contributed by atoms with E-state index in [0.29, 0.717) is 42.6 Å². The van der Waals surface area contributed by atoms with E-state index in [9.17, 15) is 4.79 Å². The molecule has 1 saturated heterocycles. The molecular formula is C24H30N2O5. The summed E-state index contributed by atoms with van der Waals surface area (Å²) in [6.07, 6.45) is 3.66. The van der Waals surface area contributed by atoms with Crippen molar-refractivity contribution in [3.05, 3.63) is 60.7 Å². The summed E-state index contributed by atoms with van der Waals surface area (Å²) in [6.45, 7) is 5.69. The van der Waals surface area contributed by atoms with Gasteiger partial charge in [0.25, 0.3) is 0 Å². The minimum Gasteiger partial charge on any atom is -0.495 e. The highest BCUT2D eigenvalue weighted by Crippen LogP contribution is 2.29. The molecule has 31 heavy (non-hydrogen) atoms. The van der Waals surface area contributed by atoms with Crippen LogP contribution in [0.3, 0.4) is 0 Å². The summed E-state index contributed by atoms with van der Waals surface area (Å²) in [6, 6.07) is 12.8. The Kier molecular flexibility index (Phi) is 8.18. The topological polar surface area (TPSA) is 69.3 Å². The number of carbonyl (C=O) groups is 1. The van der Waals surface area contributed by atoms with E-state index >= 15 is 0 Å². The second-order valence-electron chi connectivity index (χ2n) is 7.23. The molecule has 0 spiro atoms. The summed E-state index contributed by atoms with van der Waals surface area (Å²) in [5, 5.41) is 2.96. The molecule has 2 aromatic carbocycles. The van der Waals surface area contributed by atoms with Crippen LogP contribution in [0.4, 0.5) is 10.5 Å². The number of benzene rings is 2. The Hall–Kier alpha value is -3.19. The molecule has 2 amide bonds. The first kappa shape index (κ1) is 22.5. The van der Waals surface area contributed by atoms with E-state index in [1.54, 1.807) is 25.2 Å². The number of hydrogen-bond donors (Lipinski definition) is 1. The number of para-hydroxylation sites is 2. The number of methoxy groups -OCH3 is 2. The highest BCUT2D eigenvalue weighted by atomic mass is 16.5. The fourth-order valence-corrected chi connectivity index (χ4v) is 3.49. The van der Waals surface area contributed by atoms with E-state index in [-0.39, 0.29) is 12.1 Å². The Labute approximate surface area is 183 Å². The maximum absolute atomic E-state index is 13.2. The van der Waals surface area contributed by atoms with Gasteiger partial charge in [-0.05, 0) is 42.7 Å². The zero-order valence-electron chi connectivity index (χ0n) is 18.1. The molecule has 0 bridgehead atoms. The molecular weight excluding hydrogens is 396 g/mol. The van der Waals surface area contributed by atoms with Gasteiger partial charge in [0.2, 0.25) is 0 Å². The number of urea groups is 1. The van der Waals surface area contributed by atoms with Crippen molar-refractivity contribution in [1.29, 1.82) is 0 Å². The monoisotopic (exact) mass is 426 g/mol. The first-order valence-corrected chi connectivity index (χ1v) is 10.4.